The van der Waals surface area contributed by atoms with Gasteiger partial charge in [0.15, 0.2) is 5.78 Å². The van der Waals surface area contributed by atoms with Crippen LogP contribution >= 0.6 is 11.6 Å². The zero-order valence-corrected chi connectivity index (χ0v) is 13.1. The summed E-state index contributed by atoms with van der Waals surface area (Å²) in [5, 5.41) is 9.02. The molecule has 2 N–H and O–H groups in total. The Morgan fingerprint density at radius 1 is 1.17 bits per heavy atom. The number of hydrogen-bond donors (Lipinski definition) is 2. The fourth-order valence-corrected chi connectivity index (χ4v) is 2.07. The molecule has 1 aromatic carbocycles. The van der Waals surface area contributed by atoms with E-state index in [1.807, 2.05) is 19.3 Å². The number of aryl methyl sites for hydroxylation is 1. The van der Waals surface area contributed by atoms with Crippen LogP contribution in [0.1, 0.15) is 21.6 Å². The summed E-state index contributed by atoms with van der Waals surface area (Å²) in [6, 6.07) is 8.48. The number of aromatic nitrogens is 1. The summed E-state index contributed by atoms with van der Waals surface area (Å²) in [7, 11) is 1.81. The number of carbonyl (C=O) groups is 2. The molecule has 2 rings (SSSR count). The highest BCUT2D eigenvalue weighted by Crippen LogP contribution is 2.13. The van der Waals surface area contributed by atoms with Crippen molar-refractivity contribution in [2.75, 3.05) is 0 Å². The average molecular weight is 331 g/mol. The van der Waals surface area contributed by atoms with Crippen molar-refractivity contribution in [3.05, 3.63) is 70.5 Å². The third kappa shape index (κ3) is 4.67. The predicted octanol–water partition coefficient (Wildman–Crippen LogP) is 3.09. The van der Waals surface area contributed by atoms with Crippen LogP contribution in [0.5, 0.6) is 0 Å². The highest BCUT2D eigenvalue weighted by atomic mass is 35.5. The molecular weight excluding hydrogens is 316 g/mol. The van der Waals surface area contributed by atoms with Gasteiger partial charge in [0, 0.05) is 35.6 Å². The largest absolute Gasteiger partial charge is 0.350 e. The maximum atomic E-state index is 12.0. The van der Waals surface area contributed by atoms with Crippen molar-refractivity contribution in [3.63, 3.8) is 0 Å². The average Bonchev–Trinajstić information content (AvgIpc) is 2.91. The lowest BCUT2D eigenvalue weighted by atomic mass is 10.1. The number of nitrogens with zero attached hydrogens (tertiary/aromatic N) is 1. The van der Waals surface area contributed by atoms with Crippen molar-refractivity contribution in [1.29, 1.82) is 0 Å². The molecule has 0 saturated heterocycles. The van der Waals surface area contributed by atoms with Gasteiger partial charge in [-0.3, -0.25) is 14.8 Å². The summed E-state index contributed by atoms with van der Waals surface area (Å²) < 4.78 is 1.80. The van der Waals surface area contributed by atoms with E-state index in [2.05, 4.69) is 0 Å². The number of allylic oxidation sites excluding steroid dienone is 1. The molecule has 6 heteroatoms. The van der Waals surface area contributed by atoms with Crippen LogP contribution < -0.4 is 5.48 Å². The van der Waals surface area contributed by atoms with E-state index >= 15 is 0 Å². The van der Waals surface area contributed by atoms with Crippen molar-refractivity contribution < 1.29 is 14.8 Å². The van der Waals surface area contributed by atoms with Crippen molar-refractivity contribution in [2.24, 2.45) is 7.05 Å². The zero-order chi connectivity index (χ0) is 16.8. The standard InChI is InChI=1S/C17H15ClN2O3/c1-20-11-12(10-15(20)7-9-17(22)19-23)2-8-16(21)13-3-5-14(18)6-4-13/h2-11,23H,1H3,(H,19,22)/b8-2+,9-7+. The number of benzene rings is 1. The van der Waals surface area contributed by atoms with Gasteiger partial charge < -0.3 is 4.57 Å². The molecule has 23 heavy (non-hydrogen) atoms. The fraction of sp³-hybridized carbons (Fsp3) is 0.0588. The Kier molecular flexibility index (Phi) is 5.51. The molecule has 0 aliphatic heterocycles. The van der Waals surface area contributed by atoms with E-state index in [4.69, 9.17) is 16.8 Å². The van der Waals surface area contributed by atoms with Crippen molar-refractivity contribution in [2.45, 2.75) is 0 Å². The first-order valence-corrected chi connectivity index (χ1v) is 7.14. The summed E-state index contributed by atoms with van der Waals surface area (Å²) in [4.78, 5) is 23.0. The summed E-state index contributed by atoms with van der Waals surface area (Å²) in [6.07, 6.45) is 7.76. The first-order valence-electron chi connectivity index (χ1n) is 6.76. The number of rotatable bonds is 5. The van der Waals surface area contributed by atoms with Gasteiger partial charge in [-0.25, -0.2) is 5.48 Å². The second kappa shape index (κ2) is 7.58. The highest BCUT2D eigenvalue weighted by molar-refractivity contribution is 6.30. The van der Waals surface area contributed by atoms with Crippen LogP contribution in [0, 0.1) is 0 Å². The van der Waals surface area contributed by atoms with Crippen LogP contribution in [0.15, 0.2) is 48.7 Å². The smallest absolute Gasteiger partial charge is 0.267 e. The minimum Gasteiger partial charge on any atom is -0.350 e. The minimum absolute atomic E-state index is 0.123. The summed E-state index contributed by atoms with van der Waals surface area (Å²) >= 11 is 5.79. The van der Waals surface area contributed by atoms with Gasteiger partial charge in [0.1, 0.15) is 0 Å². The number of amides is 1. The Balaban J connectivity index is 2.11. The number of hydrogen-bond acceptors (Lipinski definition) is 3. The lowest BCUT2D eigenvalue weighted by molar-refractivity contribution is -0.124. The van der Waals surface area contributed by atoms with Crippen LogP contribution in [-0.4, -0.2) is 21.5 Å². The summed E-state index contributed by atoms with van der Waals surface area (Å²) in [6.45, 7) is 0. The van der Waals surface area contributed by atoms with Gasteiger partial charge >= 0.3 is 0 Å². The first kappa shape index (κ1) is 16.7. The quantitative estimate of drug-likeness (QED) is 0.383. The molecule has 0 saturated carbocycles. The van der Waals surface area contributed by atoms with E-state index in [0.29, 0.717) is 10.6 Å². The Morgan fingerprint density at radius 3 is 2.52 bits per heavy atom. The van der Waals surface area contributed by atoms with Gasteiger partial charge in [-0.1, -0.05) is 11.6 Å². The van der Waals surface area contributed by atoms with Crippen molar-refractivity contribution in [1.82, 2.24) is 10.0 Å². The third-order valence-corrected chi connectivity index (χ3v) is 3.39. The molecule has 0 bridgehead atoms. The van der Waals surface area contributed by atoms with E-state index in [9.17, 15) is 9.59 Å². The molecular formula is C17H15ClN2O3. The molecule has 1 heterocycles. The van der Waals surface area contributed by atoms with Crippen molar-refractivity contribution in [3.8, 4) is 0 Å². The number of halogens is 1. The van der Waals surface area contributed by atoms with E-state index in [1.54, 1.807) is 41.0 Å². The van der Waals surface area contributed by atoms with Gasteiger partial charge in [-0.15, -0.1) is 0 Å². The topological polar surface area (TPSA) is 71.3 Å². The number of ketones is 1. The van der Waals surface area contributed by atoms with Gasteiger partial charge in [-0.05, 0) is 54.1 Å². The van der Waals surface area contributed by atoms with Crippen molar-refractivity contribution >= 4 is 35.4 Å². The molecule has 0 aliphatic rings. The van der Waals surface area contributed by atoms with Gasteiger partial charge in [-0.2, -0.15) is 0 Å². The van der Waals surface area contributed by atoms with Gasteiger partial charge in [0.25, 0.3) is 5.91 Å². The molecule has 0 radical (unpaired) electrons. The Bertz CT molecular complexity index is 774. The summed E-state index contributed by atoms with van der Waals surface area (Å²) in [5.41, 5.74) is 3.65. The molecule has 0 atom stereocenters. The predicted molar refractivity (Wildman–Crippen MR) is 89.2 cm³/mol. The molecule has 5 nitrogen and oxygen atoms in total. The van der Waals surface area contributed by atoms with E-state index in [-0.39, 0.29) is 5.78 Å². The second-order valence-corrected chi connectivity index (χ2v) is 5.26. The Labute approximate surface area is 138 Å². The van der Waals surface area contributed by atoms with Gasteiger partial charge in [0.2, 0.25) is 0 Å². The Morgan fingerprint density at radius 2 is 1.87 bits per heavy atom. The second-order valence-electron chi connectivity index (χ2n) is 4.82. The molecule has 0 spiro atoms. The molecule has 0 unspecified atom stereocenters. The van der Waals surface area contributed by atoms with E-state index in [0.717, 1.165) is 11.3 Å². The molecule has 118 valence electrons. The van der Waals surface area contributed by atoms with E-state index in [1.165, 1.54) is 17.6 Å². The molecule has 1 amide bonds. The first-order chi connectivity index (χ1) is 11.0. The van der Waals surface area contributed by atoms with Crippen LogP contribution in [0.2, 0.25) is 5.02 Å². The summed E-state index contributed by atoms with van der Waals surface area (Å²) in [5.74, 6) is -0.733. The van der Waals surface area contributed by atoms with Crippen LogP contribution in [-0.2, 0) is 11.8 Å². The minimum atomic E-state index is -0.610. The molecule has 0 fully saturated rings. The number of carbonyl (C=O) groups excluding carboxylic acids is 2. The van der Waals surface area contributed by atoms with Crippen LogP contribution in [0.4, 0.5) is 0 Å². The van der Waals surface area contributed by atoms with Crippen LogP contribution in [0.25, 0.3) is 12.2 Å². The zero-order valence-electron chi connectivity index (χ0n) is 12.4. The monoisotopic (exact) mass is 330 g/mol. The lowest BCUT2D eigenvalue weighted by Crippen LogP contribution is -2.14. The maximum Gasteiger partial charge on any atom is 0.267 e. The fourth-order valence-electron chi connectivity index (χ4n) is 1.95. The maximum absolute atomic E-state index is 12.0. The SMILES string of the molecule is Cn1cc(/C=C/C(=O)c2ccc(Cl)cc2)cc1/C=C/C(=O)NO. The highest BCUT2D eigenvalue weighted by Gasteiger charge is 2.03. The van der Waals surface area contributed by atoms with E-state index < -0.39 is 5.91 Å². The molecule has 0 aliphatic carbocycles. The van der Waals surface area contributed by atoms with Gasteiger partial charge in [0.05, 0.1) is 0 Å². The molecule has 2 aromatic rings. The number of hydroxylamine groups is 1. The third-order valence-electron chi connectivity index (χ3n) is 3.14. The normalized spacial score (nSPS) is 11.3. The lowest BCUT2D eigenvalue weighted by Gasteiger charge is -1.95. The number of nitrogens with one attached hydrogen (secondary N) is 1. The molecule has 1 aromatic heterocycles. The van der Waals surface area contributed by atoms with Crippen LogP contribution in [0.3, 0.4) is 0 Å². The Hall–Kier alpha value is -2.63.